The molecule has 2 heterocycles. The lowest BCUT2D eigenvalue weighted by molar-refractivity contribution is -0.0523. The fraction of sp³-hybridized carbons (Fsp3) is 1.00. The Hall–Kier alpha value is -0.120. The average Bonchev–Trinajstić information content (AvgIpc) is 2.55. The largest absolute Gasteiger partial charge is 0.359 e. The Morgan fingerprint density at radius 2 is 2.00 bits per heavy atom. The molecular formula is C9H18N2O. The highest BCUT2D eigenvalue weighted by atomic mass is 16.5. The second-order valence-electron chi connectivity index (χ2n) is 3.91. The number of piperidine rings is 1. The molecule has 3 heteroatoms. The van der Waals surface area contributed by atoms with Gasteiger partial charge >= 0.3 is 0 Å². The van der Waals surface area contributed by atoms with Crippen LogP contribution in [-0.4, -0.2) is 32.0 Å². The minimum absolute atomic E-state index is 0.0257. The van der Waals surface area contributed by atoms with E-state index in [-0.39, 0.29) is 5.72 Å². The predicted octanol–water partition coefficient (Wildman–Crippen LogP) is 0.322. The summed E-state index contributed by atoms with van der Waals surface area (Å²) in [5, 5.41) is 6.82. The molecule has 1 unspecified atom stereocenters. The van der Waals surface area contributed by atoms with Gasteiger partial charge in [0, 0.05) is 12.5 Å². The molecule has 2 N–H and O–H groups in total. The van der Waals surface area contributed by atoms with Crippen molar-refractivity contribution in [3.05, 3.63) is 0 Å². The van der Waals surface area contributed by atoms with E-state index in [1.54, 1.807) is 0 Å². The van der Waals surface area contributed by atoms with Gasteiger partial charge in [-0.1, -0.05) is 0 Å². The van der Waals surface area contributed by atoms with Gasteiger partial charge in [0.15, 0.2) is 0 Å². The smallest absolute Gasteiger partial charge is 0.119 e. The van der Waals surface area contributed by atoms with Gasteiger partial charge in [0.05, 0.1) is 6.61 Å². The van der Waals surface area contributed by atoms with Gasteiger partial charge in [0.25, 0.3) is 0 Å². The van der Waals surface area contributed by atoms with Crippen molar-refractivity contribution >= 4 is 0 Å². The highest BCUT2D eigenvalue weighted by Crippen LogP contribution is 2.28. The van der Waals surface area contributed by atoms with E-state index in [1.165, 1.54) is 12.8 Å². The van der Waals surface area contributed by atoms with E-state index in [9.17, 15) is 0 Å². The zero-order chi connectivity index (χ0) is 8.44. The second kappa shape index (κ2) is 3.32. The average molecular weight is 170 g/mol. The van der Waals surface area contributed by atoms with E-state index < -0.39 is 0 Å². The molecule has 1 atom stereocenters. The van der Waals surface area contributed by atoms with Crippen molar-refractivity contribution in [1.82, 2.24) is 10.6 Å². The van der Waals surface area contributed by atoms with Crippen LogP contribution in [0.5, 0.6) is 0 Å². The van der Waals surface area contributed by atoms with Gasteiger partial charge in [-0.3, -0.25) is 5.32 Å². The van der Waals surface area contributed by atoms with Crippen LogP contribution in [0.4, 0.5) is 0 Å². The molecule has 2 aliphatic rings. The van der Waals surface area contributed by atoms with Crippen LogP contribution in [0.3, 0.4) is 0 Å². The van der Waals surface area contributed by atoms with Gasteiger partial charge in [-0.15, -0.1) is 0 Å². The fourth-order valence-electron chi connectivity index (χ4n) is 2.25. The third kappa shape index (κ3) is 1.49. The second-order valence-corrected chi connectivity index (χ2v) is 3.91. The molecule has 2 rings (SSSR count). The Morgan fingerprint density at radius 3 is 2.58 bits per heavy atom. The summed E-state index contributed by atoms with van der Waals surface area (Å²) >= 11 is 0. The first kappa shape index (κ1) is 8.48. The van der Waals surface area contributed by atoms with Crippen molar-refractivity contribution in [2.45, 2.75) is 25.5 Å². The topological polar surface area (TPSA) is 33.3 Å². The van der Waals surface area contributed by atoms with Crippen LogP contribution in [0, 0.1) is 5.92 Å². The van der Waals surface area contributed by atoms with E-state index in [1.807, 2.05) is 0 Å². The highest BCUT2D eigenvalue weighted by Gasteiger charge is 2.38. The molecule has 2 fully saturated rings. The summed E-state index contributed by atoms with van der Waals surface area (Å²) in [5.41, 5.74) is -0.0257. The number of rotatable bonds is 1. The first-order valence-electron chi connectivity index (χ1n) is 4.91. The van der Waals surface area contributed by atoms with Gasteiger partial charge in [0.2, 0.25) is 0 Å². The van der Waals surface area contributed by atoms with Gasteiger partial charge in [-0.2, -0.15) is 0 Å². The Morgan fingerprint density at radius 1 is 1.25 bits per heavy atom. The molecule has 0 aromatic carbocycles. The molecule has 2 aliphatic heterocycles. The van der Waals surface area contributed by atoms with Crippen LogP contribution in [0.25, 0.3) is 0 Å². The van der Waals surface area contributed by atoms with Crippen LogP contribution < -0.4 is 10.6 Å². The van der Waals surface area contributed by atoms with Crippen molar-refractivity contribution in [3.8, 4) is 0 Å². The number of hydrogen-bond donors (Lipinski definition) is 2. The monoisotopic (exact) mass is 170 g/mol. The van der Waals surface area contributed by atoms with Crippen molar-refractivity contribution in [3.63, 3.8) is 0 Å². The van der Waals surface area contributed by atoms with Gasteiger partial charge < -0.3 is 10.1 Å². The van der Waals surface area contributed by atoms with Crippen molar-refractivity contribution < 1.29 is 4.74 Å². The van der Waals surface area contributed by atoms with Crippen molar-refractivity contribution in [1.29, 1.82) is 0 Å². The van der Waals surface area contributed by atoms with Crippen LogP contribution in [0.15, 0.2) is 0 Å². The van der Waals surface area contributed by atoms with Gasteiger partial charge in [-0.05, 0) is 32.9 Å². The van der Waals surface area contributed by atoms with Crippen LogP contribution in [0.1, 0.15) is 19.8 Å². The Bertz CT molecular complexity index is 149. The molecule has 0 aromatic heterocycles. The first-order valence-corrected chi connectivity index (χ1v) is 4.91. The van der Waals surface area contributed by atoms with Crippen LogP contribution in [-0.2, 0) is 4.74 Å². The van der Waals surface area contributed by atoms with Crippen LogP contribution >= 0.6 is 0 Å². The van der Waals surface area contributed by atoms with Crippen molar-refractivity contribution in [2.24, 2.45) is 5.92 Å². The summed E-state index contributed by atoms with van der Waals surface area (Å²) < 4.78 is 5.74. The van der Waals surface area contributed by atoms with E-state index in [0.717, 1.165) is 26.2 Å². The highest BCUT2D eigenvalue weighted by molar-refractivity contribution is 4.88. The maximum absolute atomic E-state index is 5.74. The molecule has 70 valence electrons. The van der Waals surface area contributed by atoms with E-state index >= 15 is 0 Å². The normalized spacial score (nSPS) is 38.8. The molecule has 0 aliphatic carbocycles. The molecule has 0 aromatic rings. The van der Waals surface area contributed by atoms with Crippen molar-refractivity contribution in [2.75, 3.05) is 26.2 Å². The summed E-state index contributed by atoms with van der Waals surface area (Å²) in [4.78, 5) is 0. The molecule has 3 nitrogen and oxygen atoms in total. The van der Waals surface area contributed by atoms with E-state index in [0.29, 0.717) is 5.92 Å². The molecule has 0 amide bonds. The lowest BCUT2D eigenvalue weighted by atomic mass is 9.88. The lowest BCUT2D eigenvalue weighted by Gasteiger charge is -2.36. The lowest BCUT2D eigenvalue weighted by Crippen LogP contribution is -2.49. The minimum Gasteiger partial charge on any atom is -0.359 e. The van der Waals surface area contributed by atoms with Crippen LogP contribution in [0.2, 0.25) is 0 Å². The summed E-state index contributed by atoms with van der Waals surface area (Å²) in [6.07, 6.45) is 2.48. The maximum Gasteiger partial charge on any atom is 0.119 e. The van der Waals surface area contributed by atoms with E-state index in [4.69, 9.17) is 4.74 Å². The molecule has 0 saturated carbocycles. The predicted molar refractivity (Wildman–Crippen MR) is 48.0 cm³/mol. The molecule has 0 radical (unpaired) electrons. The number of nitrogens with one attached hydrogen (secondary N) is 2. The summed E-state index contributed by atoms with van der Waals surface area (Å²) in [5.74, 6) is 0.696. The Kier molecular flexibility index (Phi) is 2.35. The third-order valence-corrected chi connectivity index (χ3v) is 3.10. The number of ether oxygens (including phenoxy) is 1. The Labute approximate surface area is 73.9 Å². The number of hydrogen-bond acceptors (Lipinski definition) is 3. The van der Waals surface area contributed by atoms with Gasteiger partial charge in [0.1, 0.15) is 5.72 Å². The first-order chi connectivity index (χ1) is 5.81. The summed E-state index contributed by atoms with van der Waals surface area (Å²) in [7, 11) is 0. The van der Waals surface area contributed by atoms with Gasteiger partial charge in [-0.25, -0.2) is 0 Å². The standard InChI is InChI=1S/C9H18N2O/c1-9(11-6-7-12-9)8-2-4-10-5-3-8/h8,10-11H,2-7H2,1H3. The van der Waals surface area contributed by atoms with E-state index in [2.05, 4.69) is 17.6 Å². The Balaban J connectivity index is 1.96. The zero-order valence-corrected chi connectivity index (χ0v) is 7.73. The molecule has 0 spiro atoms. The maximum atomic E-state index is 5.74. The molecule has 12 heavy (non-hydrogen) atoms. The third-order valence-electron chi connectivity index (χ3n) is 3.10. The molecule has 2 saturated heterocycles. The minimum atomic E-state index is -0.0257. The molecular weight excluding hydrogens is 152 g/mol. The molecule has 0 bridgehead atoms. The fourth-order valence-corrected chi connectivity index (χ4v) is 2.25. The summed E-state index contributed by atoms with van der Waals surface area (Å²) in [6, 6.07) is 0. The summed E-state index contributed by atoms with van der Waals surface area (Å²) in [6.45, 7) is 6.37. The zero-order valence-electron chi connectivity index (χ0n) is 7.73. The quantitative estimate of drug-likeness (QED) is 0.594. The SMILES string of the molecule is CC1(C2CCNCC2)NCCO1.